The predicted molar refractivity (Wildman–Crippen MR) is 172 cm³/mol. The Kier molecular flexibility index (Phi) is 11.1. The fourth-order valence-electron chi connectivity index (χ4n) is 7.26. The molecule has 1 aliphatic carbocycles. The van der Waals surface area contributed by atoms with Crippen molar-refractivity contribution in [2.45, 2.75) is 126 Å². The number of halogens is 1. The van der Waals surface area contributed by atoms with Crippen LogP contribution in [0.5, 0.6) is 0 Å². The van der Waals surface area contributed by atoms with Gasteiger partial charge in [-0.15, -0.1) is 11.6 Å². The minimum absolute atomic E-state index is 0.0338. The van der Waals surface area contributed by atoms with E-state index in [9.17, 15) is 14.7 Å². The van der Waals surface area contributed by atoms with E-state index in [2.05, 4.69) is 17.2 Å². The number of hydrogen-bond donors (Lipinski definition) is 2. The van der Waals surface area contributed by atoms with Crippen molar-refractivity contribution in [1.29, 1.82) is 0 Å². The largest absolute Gasteiger partial charge is 0.458 e. The molecule has 4 fully saturated rings. The van der Waals surface area contributed by atoms with Crippen LogP contribution in [-0.2, 0) is 38.0 Å². The molecule has 14 atom stereocenters. The maximum absolute atomic E-state index is 13.4. The van der Waals surface area contributed by atoms with Gasteiger partial charge in [-0.05, 0) is 39.3 Å². The zero-order chi connectivity index (χ0) is 34.1. The Bertz CT molecular complexity index is 1320. The van der Waals surface area contributed by atoms with Gasteiger partial charge in [-0.1, -0.05) is 49.5 Å². The molecule has 5 rings (SSSR count). The smallest absolute Gasteiger partial charge is 0.408 e. The van der Waals surface area contributed by atoms with Crippen molar-refractivity contribution in [2.75, 3.05) is 14.2 Å². The van der Waals surface area contributed by atoms with E-state index in [1.807, 2.05) is 33.8 Å². The van der Waals surface area contributed by atoms with Gasteiger partial charge in [0.05, 0.1) is 30.8 Å². The number of methoxy groups -OCH3 is 2. The van der Waals surface area contributed by atoms with Crippen molar-refractivity contribution in [3.8, 4) is 11.8 Å². The van der Waals surface area contributed by atoms with Gasteiger partial charge >= 0.3 is 12.1 Å². The molecule has 1 saturated carbocycles. The van der Waals surface area contributed by atoms with Crippen LogP contribution in [0.2, 0.25) is 0 Å². The van der Waals surface area contributed by atoms with Crippen LogP contribution < -0.4 is 5.32 Å². The lowest BCUT2D eigenvalue weighted by atomic mass is 9.79. The van der Waals surface area contributed by atoms with Crippen molar-refractivity contribution >= 4 is 23.7 Å². The summed E-state index contributed by atoms with van der Waals surface area (Å²) in [4.78, 5) is 25.6. The number of hydrogen-bond acceptors (Lipinski definition) is 10. The van der Waals surface area contributed by atoms with Crippen LogP contribution in [0.25, 0.3) is 0 Å². The molecule has 0 radical (unpaired) electrons. The van der Waals surface area contributed by atoms with Gasteiger partial charge in [0.25, 0.3) is 0 Å². The summed E-state index contributed by atoms with van der Waals surface area (Å²) in [6.07, 6.45) is 5.17. The number of alkyl carbamates (subject to hydrolysis) is 1. The Balaban J connectivity index is 1.37. The first-order chi connectivity index (χ1) is 22.3. The minimum atomic E-state index is -1.90. The molecule has 12 heteroatoms. The Morgan fingerprint density at radius 3 is 2.57 bits per heavy atom. The first-order valence-corrected chi connectivity index (χ1v) is 16.8. The molecule has 0 aromatic rings. The normalized spacial score (nSPS) is 46.5. The number of ether oxygens (including phenoxy) is 7. The first-order valence-electron chi connectivity index (χ1n) is 16.4. The van der Waals surface area contributed by atoms with Gasteiger partial charge in [0.1, 0.15) is 18.2 Å². The highest BCUT2D eigenvalue weighted by molar-refractivity contribution is 6.22. The van der Waals surface area contributed by atoms with Gasteiger partial charge in [-0.2, -0.15) is 0 Å². The van der Waals surface area contributed by atoms with Crippen LogP contribution in [-0.4, -0.2) is 97.1 Å². The van der Waals surface area contributed by atoms with E-state index in [0.29, 0.717) is 6.42 Å². The highest BCUT2D eigenvalue weighted by Crippen LogP contribution is 2.44. The molecule has 1 amide bonds. The summed E-state index contributed by atoms with van der Waals surface area (Å²) < 4.78 is 42.5. The SMILES string of the molecule is CO[C@@H]1/C=C(\C)C[C@H](/C=C/C=C/C#C[C@@H]2C[C@H]2Cl)OC(=O)C[C@]2(O)C[C@H](O[C@@H]3O[C@@H](C)[C@H]4NC(=O)O[C@@]4(C)[C@H]3OC)[C@@H](C)[C@@H](O2)[C@@H]1C. The number of fused-ring (bicyclic) bond motifs is 3. The van der Waals surface area contributed by atoms with E-state index in [1.54, 1.807) is 38.3 Å². The number of carbonyl (C=O) groups is 2. The van der Waals surface area contributed by atoms with Crippen molar-refractivity contribution < 1.29 is 47.9 Å². The van der Waals surface area contributed by atoms with E-state index in [-0.39, 0.29) is 35.7 Å². The van der Waals surface area contributed by atoms with Crippen molar-refractivity contribution in [1.82, 2.24) is 5.32 Å². The minimum Gasteiger partial charge on any atom is -0.458 e. The van der Waals surface area contributed by atoms with Gasteiger partial charge in [-0.3, -0.25) is 4.79 Å². The molecule has 260 valence electrons. The predicted octanol–water partition coefficient (Wildman–Crippen LogP) is 4.16. The molecular weight excluding hydrogens is 630 g/mol. The second kappa shape index (κ2) is 14.6. The summed E-state index contributed by atoms with van der Waals surface area (Å²) in [7, 11) is 3.14. The topological polar surface area (TPSA) is 131 Å². The van der Waals surface area contributed by atoms with Gasteiger partial charge in [0.2, 0.25) is 0 Å². The standard InChI is InChI=1S/C35H48ClNO10/c1-19-14-24(13-11-9-8-10-12-23-16-25(23)36)44-28(38)18-35(40)17-27(21(3)29(46-35)20(2)26(15-19)41-6)45-32-31(42-7)34(5)30(22(4)43-32)37-33(39)47-34/h8-9,11,13,15,20-27,29-32,40H,14,16-18H2,1-7H3,(H,37,39)/b9-8+,13-11+,19-15+/t20-,21-,22+,23-,24+,25-,26-,27+,29+,30-,31+,32+,34-,35+/m1/s1. The molecule has 3 saturated heterocycles. The Hall–Kier alpha value is -2.43. The lowest BCUT2D eigenvalue weighted by molar-refractivity contribution is -0.348. The van der Waals surface area contributed by atoms with Crippen LogP contribution >= 0.6 is 11.6 Å². The van der Waals surface area contributed by atoms with E-state index in [1.165, 1.54) is 7.11 Å². The zero-order valence-corrected chi connectivity index (χ0v) is 28.9. The fraction of sp³-hybridized carbons (Fsp3) is 0.714. The summed E-state index contributed by atoms with van der Waals surface area (Å²) in [5, 5.41) is 14.8. The van der Waals surface area contributed by atoms with E-state index >= 15 is 0 Å². The molecule has 5 aliphatic rings. The zero-order valence-electron chi connectivity index (χ0n) is 28.1. The summed E-state index contributed by atoms with van der Waals surface area (Å²) >= 11 is 6.01. The lowest BCUT2D eigenvalue weighted by Crippen LogP contribution is -2.67. The second-order valence-electron chi connectivity index (χ2n) is 13.7. The number of rotatable bonds is 6. The van der Waals surface area contributed by atoms with Crippen molar-refractivity contribution in [3.63, 3.8) is 0 Å². The molecule has 0 aromatic heterocycles. The summed E-state index contributed by atoms with van der Waals surface area (Å²) in [5.74, 6) is 3.34. The van der Waals surface area contributed by atoms with Gasteiger partial charge in [0, 0.05) is 50.2 Å². The van der Waals surface area contributed by atoms with Gasteiger partial charge in [0.15, 0.2) is 17.7 Å². The van der Waals surface area contributed by atoms with E-state index in [4.69, 9.17) is 44.8 Å². The number of aliphatic hydroxyl groups is 1. The molecule has 2 N–H and O–H groups in total. The molecular formula is C35H48ClNO10. The molecule has 4 aliphatic heterocycles. The average Bonchev–Trinajstić information content (AvgIpc) is 3.60. The Morgan fingerprint density at radius 2 is 1.89 bits per heavy atom. The lowest BCUT2D eigenvalue weighted by Gasteiger charge is -2.51. The van der Waals surface area contributed by atoms with E-state index < -0.39 is 72.7 Å². The molecule has 0 aromatic carbocycles. The van der Waals surface area contributed by atoms with Gasteiger partial charge in [-0.25, -0.2) is 4.79 Å². The number of allylic oxidation sites excluding steroid dienone is 3. The molecule has 47 heavy (non-hydrogen) atoms. The fourth-order valence-corrected chi connectivity index (χ4v) is 7.51. The molecule has 4 heterocycles. The highest BCUT2D eigenvalue weighted by atomic mass is 35.5. The third kappa shape index (κ3) is 8.07. The quantitative estimate of drug-likeness (QED) is 0.139. The third-order valence-electron chi connectivity index (χ3n) is 9.96. The van der Waals surface area contributed by atoms with Gasteiger partial charge < -0.3 is 43.6 Å². The maximum Gasteiger partial charge on any atom is 0.408 e. The second-order valence-corrected chi connectivity index (χ2v) is 14.3. The number of carbonyl (C=O) groups excluding carboxylic acids is 2. The number of amides is 1. The maximum atomic E-state index is 13.4. The number of cyclic esters (lactones) is 1. The number of esters is 1. The first kappa shape index (κ1) is 35.9. The van der Waals surface area contributed by atoms with Crippen LogP contribution in [0.4, 0.5) is 4.79 Å². The summed E-state index contributed by atoms with van der Waals surface area (Å²) in [6, 6.07) is -0.443. The van der Waals surface area contributed by atoms with Crippen molar-refractivity contribution in [2.24, 2.45) is 17.8 Å². The van der Waals surface area contributed by atoms with Crippen molar-refractivity contribution in [3.05, 3.63) is 36.0 Å². The van der Waals surface area contributed by atoms with Crippen LogP contribution in [0.3, 0.4) is 0 Å². The average molecular weight is 678 g/mol. The van der Waals surface area contributed by atoms with Crippen LogP contribution in [0, 0.1) is 29.6 Å². The Labute approximate surface area is 282 Å². The number of alkyl halides is 1. The third-order valence-corrected chi connectivity index (χ3v) is 10.4. The Morgan fingerprint density at radius 1 is 1.15 bits per heavy atom. The van der Waals surface area contributed by atoms with Crippen LogP contribution in [0.15, 0.2) is 36.0 Å². The molecule has 0 unspecified atom stereocenters. The number of nitrogens with one attached hydrogen (secondary N) is 1. The molecule has 0 spiro atoms. The summed E-state index contributed by atoms with van der Waals surface area (Å²) in [6.45, 7) is 9.57. The van der Waals surface area contributed by atoms with Crippen LogP contribution in [0.1, 0.15) is 60.3 Å². The monoisotopic (exact) mass is 677 g/mol. The molecule has 11 nitrogen and oxygen atoms in total. The highest BCUT2D eigenvalue weighted by Gasteiger charge is 2.61. The van der Waals surface area contributed by atoms with E-state index in [0.717, 1.165) is 12.0 Å². The summed E-state index contributed by atoms with van der Waals surface area (Å²) in [5.41, 5.74) is -0.0797. The molecule has 2 bridgehead atoms.